The van der Waals surface area contributed by atoms with Crippen LogP contribution in [0.2, 0.25) is 0 Å². The van der Waals surface area contributed by atoms with Crippen molar-refractivity contribution in [3.63, 3.8) is 0 Å². The van der Waals surface area contributed by atoms with Gasteiger partial charge < -0.3 is 10.4 Å². The molecule has 3 nitrogen and oxygen atoms in total. The molecule has 0 aliphatic rings. The van der Waals surface area contributed by atoms with Crippen molar-refractivity contribution >= 4 is 22.7 Å². The average Bonchev–Trinajstić information content (AvgIpc) is 2.40. The first-order valence-electron chi connectivity index (χ1n) is 6.55. The number of aliphatic hydroxyl groups is 1. The van der Waals surface area contributed by atoms with E-state index in [1.54, 1.807) is 11.8 Å². The Kier molecular flexibility index (Phi) is 5.19. The van der Waals surface area contributed by atoms with Gasteiger partial charge in [0.1, 0.15) is 5.03 Å². The summed E-state index contributed by atoms with van der Waals surface area (Å²) in [6, 6.07) is 10.4. The summed E-state index contributed by atoms with van der Waals surface area (Å²) in [5, 5.41) is 14.8. The summed E-state index contributed by atoms with van der Waals surface area (Å²) < 4.78 is 0. The van der Waals surface area contributed by atoms with Crippen LogP contribution in [0.3, 0.4) is 0 Å². The van der Waals surface area contributed by atoms with Gasteiger partial charge in [-0.3, -0.25) is 0 Å². The Labute approximate surface area is 118 Å². The van der Waals surface area contributed by atoms with Crippen molar-refractivity contribution in [3.05, 3.63) is 35.9 Å². The maximum absolute atomic E-state index is 9.01. The van der Waals surface area contributed by atoms with Crippen LogP contribution in [0.25, 0.3) is 10.9 Å². The fourth-order valence-electron chi connectivity index (χ4n) is 1.99. The highest BCUT2D eigenvalue weighted by Crippen LogP contribution is 2.29. The van der Waals surface area contributed by atoms with E-state index in [0.29, 0.717) is 5.25 Å². The molecular weight excluding hydrogens is 256 g/mol. The lowest BCUT2D eigenvalue weighted by atomic mass is 10.1. The van der Waals surface area contributed by atoms with Gasteiger partial charge in [0.2, 0.25) is 0 Å². The molecule has 102 valence electrons. The summed E-state index contributed by atoms with van der Waals surface area (Å²) in [6.45, 7) is 3.16. The summed E-state index contributed by atoms with van der Waals surface area (Å²) >= 11 is 1.74. The summed E-state index contributed by atoms with van der Waals surface area (Å²) in [4.78, 5) is 4.76. The first-order chi connectivity index (χ1) is 9.24. The van der Waals surface area contributed by atoms with Crippen molar-refractivity contribution in [2.45, 2.75) is 30.2 Å². The van der Waals surface area contributed by atoms with Crippen molar-refractivity contribution in [2.24, 2.45) is 0 Å². The second-order valence-corrected chi connectivity index (χ2v) is 6.04. The highest BCUT2D eigenvalue weighted by atomic mass is 32.2. The number of thioether (sulfide) groups is 1. The van der Waals surface area contributed by atoms with Crippen LogP contribution in [0.4, 0.5) is 0 Å². The molecule has 0 radical (unpaired) electrons. The van der Waals surface area contributed by atoms with E-state index in [1.165, 1.54) is 10.9 Å². The molecule has 2 aromatic rings. The second kappa shape index (κ2) is 6.89. The Hall–Kier alpha value is -1.10. The van der Waals surface area contributed by atoms with Crippen molar-refractivity contribution in [1.29, 1.82) is 0 Å². The lowest BCUT2D eigenvalue weighted by molar-refractivity contribution is 0.289. The molecule has 0 aliphatic heterocycles. The third kappa shape index (κ3) is 3.69. The second-order valence-electron chi connectivity index (χ2n) is 4.62. The zero-order valence-electron chi connectivity index (χ0n) is 11.4. The standard InChI is InChI=1S/C15H20N2OS/c1-11(7-8-18)19-15-13(10-16-2)9-12-5-3-4-6-14(12)17-15/h3-6,9,11,16,18H,7-8,10H2,1-2H3. The summed E-state index contributed by atoms with van der Waals surface area (Å²) in [7, 11) is 1.95. The minimum absolute atomic E-state index is 0.225. The number of aliphatic hydroxyl groups excluding tert-OH is 1. The lowest BCUT2D eigenvalue weighted by Gasteiger charge is -2.13. The number of para-hydroxylation sites is 1. The minimum atomic E-state index is 0.225. The molecule has 1 aromatic carbocycles. The molecule has 19 heavy (non-hydrogen) atoms. The van der Waals surface area contributed by atoms with Crippen LogP contribution in [-0.2, 0) is 6.54 Å². The SMILES string of the molecule is CNCc1cc2ccccc2nc1SC(C)CCO. The molecule has 0 saturated heterocycles. The summed E-state index contributed by atoms with van der Waals surface area (Å²) in [5.41, 5.74) is 2.25. The molecule has 0 amide bonds. The van der Waals surface area contributed by atoms with Crippen molar-refractivity contribution in [3.8, 4) is 0 Å². The predicted molar refractivity (Wildman–Crippen MR) is 81.5 cm³/mol. The van der Waals surface area contributed by atoms with E-state index in [1.807, 2.05) is 25.2 Å². The monoisotopic (exact) mass is 276 g/mol. The Bertz CT molecular complexity index is 545. The van der Waals surface area contributed by atoms with Gasteiger partial charge >= 0.3 is 0 Å². The first kappa shape index (κ1) is 14.3. The average molecular weight is 276 g/mol. The molecule has 0 fully saturated rings. The van der Waals surface area contributed by atoms with Crippen LogP contribution >= 0.6 is 11.8 Å². The highest BCUT2D eigenvalue weighted by Gasteiger charge is 2.11. The van der Waals surface area contributed by atoms with E-state index >= 15 is 0 Å². The van der Waals surface area contributed by atoms with Gasteiger partial charge in [-0.15, -0.1) is 11.8 Å². The molecule has 0 bridgehead atoms. The van der Waals surface area contributed by atoms with Crippen LogP contribution in [0, 0.1) is 0 Å². The van der Waals surface area contributed by atoms with E-state index < -0.39 is 0 Å². The van der Waals surface area contributed by atoms with E-state index in [2.05, 4.69) is 24.4 Å². The Morgan fingerprint density at radius 1 is 1.37 bits per heavy atom. The Morgan fingerprint density at radius 2 is 2.16 bits per heavy atom. The number of nitrogens with zero attached hydrogens (tertiary/aromatic N) is 1. The molecule has 2 N–H and O–H groups in total. The number of pyridine rings is 1. The summed E-state index contributed by atoms with van der Waals surface area (Å²) in [5.74, 6) is 0. The molecule has 0 aliphatic carbocycles. The maximum Gasteiger partial charge on any atom is 0.101 e. The zero-order valence-corrected chi connectivity index (χ0v) is 12.2. The molecule has 1 heterocycles. The largest absolute Gasteiger partial charge is 0.396 e. The molecule has 4 heteroatoms. The topological polar surface area (TPSA) is 45.2 Å². The van der Waals surface area contributed by atoms with Gasteiger partial charge in [0.15, 0.2) is 0 Å². The van der Waals surface area contributed by atoms with Gasteiger partial charge in [-0.25, -0.2) is 4.98 Å². The minimum Gasteiger partial charge on any atom is -0.396 e. The molecule has 1 atom stereocenters. The fraction of sp³-hybridized carbons (Fsp3) is 0.400. The molecule has 2 rings (SSSR count). The first-order valence-corrected chi connectivity index (χ1v) is 7.43. The normalized spacial score (nSPS) is 12.8. The van der Waals surface area contributed by atoms with Gasteiger partial charge in [-0.1, -0.05) is 25.1 Å². The van der Waals surface area contributed by atoms with Gasteiger partial charge in [-0.2, -0.15) is 0 Å². The Balaban J connectivity index is 2.35. The number of benzene rings is 1. The zero-order chi connectivity index (χ0) is 13.7. The van der Waals surface area contributed by atoms with E-state index in [4.69, 9.17) is 10.1 Å². The van der Waals surface area contributed by atoms with Crippen LogP contribution in [0.1, 0.15) is 18.9 Å². The third-order valence-corrected chi connectivity index (χ3v) is 4.19. The summed E-state index contributed by atoms with van der Waals surface area (Å²) in [6.07, 6.45) is 0.790. The van der Waals surface area contributed by atoms with Gasteiger partial charge in [-0.05, 0) is 31.2 Å². The number of fused-ring (bicyclic) bond motifs is 1. The smallest absolute Gasteiger partial charge is 0.101 e. The lowest BCUT2D eigenvalue weighted by Crippen LogP contribution is -2.09. The van der Waals surface area contributed by atoms with Gasteiger partial charge in [0.25, 0.3) is 0 Å². The predicted octanol–water partition coefficient (Wildman–Crippen LogP) is 2.82. The number of rotatable bonds is 6. The van der Waals surface area contributed by atoms with Gasteiger partial charge in [0.05, 0.1) is 5.52 Å². The highest BCUT2D eigenvalue weighted by molar-refractivity contribution is 7.99. The molecule has 0 saturated carbocycles. The number of nitrogens with one attached hydrogen (secondary N) is 1. The number of hydrogen-bond acceptors (Lipinski definition) is 4. The van der Waals surface area contributed by atoms with Crippen molar-refractivity contribution in [2.75, 3.05) is 13.7 Å². The van der Waals surface area contributed by atoms with Gasteiger partial charge in [0, 0.05) is 23.8 Å². The molecule has 1 unspecified atom stereocenters. The van der Waals surface area contributed by atoms with Crippen molar-refractivity contribution < 1.29 is 5.11 Å². The quantitative estimate of drug-likeness (QED) is 0.796. The molecule has 1 aromatic heterocycles. The van der Waals surface area contributed by atoms with E-state index in [0.717, 1.165) is 23.5 Å². The van der Waals surface area contributed by atoms with E-state index in [-0.39, 0.29) is 6.61 Å². The molecular formula is C15H20N2OS. The van der Waals surface area contributed by atoms with Crippen molar-refractivity contribution in [1.82, 2.24) is 10.3 Å². The van der Waals surface area contributed by atoms with Crippen LogP contribution in [-0.4, -0.2) is 29.0 Å². The number of aromatic nitrogens is 1. The Morgan fingerprint density at radius 3 is 2.89 bits per heavy atom. The van der Waals surface area contributed by atoms with Crippen LogP contribution in [0.5, 0.6) is 0 Å². The van der Waals surface area contributed by atoms with E-state index in [9.17, 15) is 0 Å². The number of hydrogen-bond donors (Lipinski definition) is 2. The fourth-order valence-corrected chi connectivity index (χ4v) is 3.03. The maximum atomic E-state index is 9.01. The molecule has 0 spiro atoms. The van der Waals surface area contributed by atoms with Crippen LogP contribution in [0.15, 0.2) is 35.4 Å². The van der Waals surface area contributed by atoms with Crippen LogP contribution < -0.4 is 5.32 Å². The third-order valence-electron chi connectivity index (χ3n) is 2.98.